The fraction of sp³-hybridized carbons (Fsp3) is 0.767. The number of carbonyl (C=O) groups excluding carboxylic acids is 1. The first kappa shape index (κ1) is 34.7. The summed E-state index contributed by atoms with van der Waals surface area (Å²) < 4.78 is 26.5. The molecule has 0 saturated carbocycles. The maximum atomic E-state index is 12.8. The normalized spacial score (nSPS) is 23.9. The van der Waals surface area contributed by atoms with Gasteiger partial charge in [-0.05, 0) is 45.9 Å². The van der Waals surface area contributed by atoms with Crippen molar-refractivity contribution in [2.24, 2.45) is 5.11 Å². The van der Waals surface area contributed by atoms with Gasteiger partial charge in [0.05, 0.1) is 38.1 Å². The number of ether oxygens (including phenoxy) is 2. The van der Waals surface area contributed by atoms with Crippen molar-refractivity contribution in [3.8, 4) is 0 Å². The van der Waals surface area contributed by atoms with Crippen LogP contribution in [0.3, 0.4) is 0 Å². The molecule has 0 aliphatic carbocycles. The minimum absolute atomic E-state index is 0.0881. The summed E-state index contributed by atoms with van der Waals surface area (Å²) in [4.78, 5) is 16.0. The van der Waals surface area contributed by atoms with Gasteiger partial charge in [-0.2, -0.15) is 0 Å². The Kier molecular flexibility index (Phi) is 13.5. The number of aldehydes is 1. The molecule has 10 heteroatoms. The van der Waals surface area contributed by atoms with E-state index in [1.165, 1.54) is 0 Å². The Bertz CT molecular complexity index is 924. The van der Waals surface area contributed by atoms with E-state index in [0.29, 0.717) is 23.2 Å². The van der Waals surface area contributed by atoms with Crippen molar-refractivity contribution in [1.29, 1.82) is 0 Å². The lowest BCUT2D eigenvalue weighted by atomic mass is 9.88. The summed E-state index contributed by atoms with van der Waals surface area (Å²) in [6, 6.07) is 12.1. The Morgan fingerprint density at radius 3 is 2.10 bits per heavy atom. The summed E-state index contributed by atoms with van der Waals surface area (Å²) in [6.07, 6.45) is 0.0594. The fourth-order valence-corrected chi connectivity index (χ4v) is 15.1. The van der Waals surface area contributed by atoms with Crippen molar-refractivity contribution in [3.63, 3.8) is 0 Å². The molecule has 8 nitrogen and oxygen atoms in total. The van der Waals surface area contributed by atoms with E-state index in [4.69, 9.17) is 18.3 Å². The van der Waals surface area contributed by atoms with Gasteiger partial charge in [0.1, 0.15) is 5.60 Å². The molecule has 0 bridgehead atoms. The molecule has 1 heterocycles. The topological polar surface area (TPSA) is 103 Å². The maximum absolute atomic E-state index is 12.8. The molecular formula is C30H53N3O5Si2. The number of azide groups is 1. The molecule has 0 aromatic heterocycles. The molecule has 1 aliphatic rings. The molecule has 1 fully saturated rings. The van der Waals surface area contributed by atoms with Gasteiger partial charge in [0.25, 0.3) is 0 Å². The van der Waals surface area contributed by atoms with E-state index < -0.39 is 40.5 Å². The molecule has 0 N–H and O–H groups in total. The zero-order valence-corrected chi connectivity index (χ0v) is 28.3. The highest BCUT2D eigenvalue weighted by atomic mass is 28.4. The Hall–Kier alpha value is -1.53. The number of rotatable bonds is 17. The summed E-state index contributed by atoms with van der Waals surface area (Å²) in [5.41, 5.74) is 10.5. The molecule has 40 heavy (non-hydrogen) atoms. The van der Waals surface area contributed by atoms with Gasteiger partial charge >= 0.3 is 0 Å². The smallest absolute Gasteiger partial charge is 0.200 e. The molecule has 0 unspecified atom stereocenters. The molecule has 1 aromatic carbocycles. The molecule has 0 radical (unpaired) electrons. The van der Waals surface area contributed by atoms with Gasteiger partial charge in [-0.3, -0.25) is 0 Å². The van der Waals surface area contributed by atoms with Crippen LogP contribution in [-0.2, 0) is 29.7 Å². The third kappa shape index (κ3) is 8.06. The third-order valence-electron chi connectivity index (χ3n) is 9.09. The molecule has 1 aromatic rings. The maximum Gasteiger partial charge on any atom is 0.200 e. The number of benzene rings is 1. The van der Waals surface area contributed by atoms with Crippen LogP contribution < -0.4 is 0 Å². The summed E-state index contributed by atoms with van der Waals surface area (Å²) in [5, 5.41) is 4.23. The Morgan fingerprint density at radius 2 is 1.62 bits per heavy atom. The lowest BCUT2D eigenvalue weighted by Gasteiger charge is -2.49. The van der Waals surface area contributed by atoms with Crippen molar-refractivity contribution in [3.05, 3.63) is 46.3 Å². The molecule has 0 spiro atoms. The van der Waals surface area contributed by atoms with Crippen molar-refractivity contribution >= 4 is 22.9 Å². The molecule has 4 atom stereocenters. The van der Waals surface area contributed by atoms with Crippen LogP contribution in [0.4, 0.5) is 0 Å². The minimum Gasteiger partial charge on any atom is -0.413 e. The van der Waals surface area contributed by atoms with Crippen LogP contribution in [0.15, 0.2) is 35.4 Å². The lowest BCUT2D eigenvalue weighted by molar-refractivity contribution is -0.194. The molecule has 2 rings (SSSR count). The molecule has 226 valence electrons. The SMILES string of the molecule is CC[Si](CC)(CC)O[C@H]1C[C@@](C=O)(COCc2ccccc2)O[C@H](CO[Si](C(C)C)(C(C)C)C(C)C)[C@H]1N=[N+]=[N-]. The fourth-order valence-electron chi connectivity index (χ4n) is 6.74. The lowest BCUT2D eigenvalue weighted by Crippen LogP contribution is -2.61. The first-order valence-corrected chi connectivity index (χ1v) is 19.8. The van der Waals surface area contributed by atoms with Gasteiger partial charge < -0.3 is 23.1 Å². The van der Waals surface area contributed by atoms with Crippen LogP contribution in [0.2, 0.25) is 34.8 Å². The van der Waals surface area contributed by atoms with Crippen LogP contribution in [0.25, 0.3) is 10.4 Å². The zero-order valence-electron chi connectivity index (χ0n) is 26.3. The summed E-state index contributed by atoms with van der Waals surface area (Å²) >= 11 is 0. The quantitative estimate of drug-likeness (QED) is 0.0597. The van der Waals surface area contributed by atoms with Crippen molar-refractivity contribution < 1.29 is 23.1 Å². The first-order valence-electron chi connectivity index (χ1n) is 15.1. The Labute approximate surface area is 244 Å². The van der Waals surface area contributed by atoms with Gasteiger partial charge in [-0.1, -0.05) is 97.8 Å². The van der Waals surface area contributed by atoms with Gasteiger partial charge in [0.2, 0.25) is 0 Å². The van der Waals surface area contributed by atoms with Crippen molar-refractivity contribution in [2.75, 3.05) is 13.2 Å². The van der Waals surface area contributed by atoms with E-state index in [-0.39, 0.29) is 19.6 Å². The monoisotopic (exact) mass is 591 g/mol. The van der Waals surface area contributed by atoms with Gasteiger partial charge in [0.15, 0.2) is 22.9 Å². The Morgan fingerprint density at radius 1 is 1.05 bits per heavy atom. The van der Waals surface area contributed by atoms with E-state index in [9.17, 15) is 10.3 Å². The molecular weight excluding hydrogens is 539 g/mol. The van der Waals surface area contributed by atoms with E-state index >= 15 is 0 Å². The number of hydrogen-bond donors (Lipinski definition) is 0. The standard InChI is InChI=1S/C30H53N3O5Si2/c1-10-39(11-2,12-3)38-27-18-30(21-34,22-35-19-26-16-14-13-15-17-26)37-28(29(27)32-33-31)20-36-40(23(4)5,24(6)7)25(8)9/h13-17,21,23-25,27-29H,10-12,18-20,22H2,1-9H3/t27-,28+,29-,30+/m0/s1. The predicted molar refractivity (Wildman–Crippen MR) is 166 cm³/mol. The number of nitrogens with zero attached hydrogens (tertiary/aromatic N) is 3. The van der Waals surface area contributed by atoms with Gasteiger partial charge in [-0.25, -0.2) is 0 Å². The highest BCUT2D eigenvalue weighted by molar-refractivity contribution is 6.77. The van der Waals surface area contributed by atoms with Crippen molar-refractivity contribution in [2.45, 2.75) is 134 Å². The third-order valence-corrected chi connectivity index (χ3v) is 19.8. The number of carbonyl (C=O) groups is 1. The van der Waals surface area contributed by atoms with Gasteiger partial charge in [-0.15, -0.1) is 0 Å². The average molecular weight is 592 g/mol. The second-order valence-electron chi connectivity index (χ2n) is 12.2. The average Bonchev–Trinajstić information content (AvgIpc) is 2.93. The van der Waals surface area contributed by atoms with Crippen molar-refractivity contribution in [1.82, 2.24) is 0 Å². The van der Waals surface area contributed by atoms with Crippen LogP contribution in [0.5, 0.6) is 0 Å². The summed E-state index contributed by atoms with van der Waals surface area (Å²) in [7, 11) is -4.35. The van der Waals surface area contributed by atoms with E-state index in [1.54, 1.807) is 0 Å². The summed E-state index contributed by atoms with van der Waals surface area (Å²) in [5.74, 6) is 0. The highest BCUT2D eigenvalue weighted by Crippen LogP contribution is 2.43. The van der Waals surface area contributed by atoms with E-state index in [2.05, 4.69) is 72.3 Å². The highest BCUT2D eigenvalue weighted by Gasteiger charge is 2.52. The van der Waals surface area contributed by atoms with Crippen LogP contribution in [0, 0.1) is 0 Å². The van der Waals surface area contributed by atoms with Crippen LogP contribution >= 0.6 is 0 Å². The Balaban J connectivity index is 2.46. The first-order chi connectivity index (χ1) is 19.0. The largest absolute Gasteiger partial charge is 0.413 e. The molecule has 1 saturated heterocycles. The van der Waals surface area contributed by atoms with Crippen LogP contribution in [-0.4, -0.2) is 60.0 Å². The zero-order chi connectivity index (χ0) is 30.0. The van der Waals surface area contributed by atoms with E-state index in [0.717, 1.165) is 30.0 Å². The molecule has 0 amide bonds. The second-order valence-corrected chi connectivity index (χ2v) is 22.4. The minimum atomic E-state index is -2.25. The van der Waals surface area contributed by atoms with E-state index in [1.807, 2.05) is 30.3 Å². The number of hydrogen-bond acceptors (Lipinski definition) is 6. The molecule has 1 aliphatic heterocycles. The summed E-state index contributed by atoms with van der Waals surface area (Å²) in [6.45, 7) is 20.6. The predicted octanol–water partition coefficient (Wildman–Crippen LogP) is 8.19. The van der Waals surface area contributed by atoms with Crippen LogP contribution in [0.1, 0.15) is 74.3 Å². The van der Waals surface area contributed by atoms with Gasteiger partial charge in [0, 0.05) is 11.3 Å². The second kappa shape index (κ2) is 15.6.